The molecule has 0 N–H and O–H groups in total. The molecule has 0 spiro atoms. The fourth-order valence-electron chi connectivity index (χ4n) is 4.68. The van der Waals surface area contributed by atoms with Gasteiger partial charge >= 0.3 is 0 Å². The van der Waals surface area contributed by atoms with Crippen LogP contribution in [0.1, 0.15) is 12.2 Å². The van der Waals surface area contributed by atoms with Crippen molar-refractivity contribution in [1.82, 2.24) is 5.01 Å². The molecule has 1 aromatic carbocycles. The number of fused-ring (bicyclic) bond motifs is 5. The Hall–Kier alpha value is -3.75. The van der Waals surface area contributed by atoms with E-state index in [1.54, 1.807) is 12.1 Å². The van der Waals surface area contributed by atoms with Gasteiger partial charge in [-0.3, -0.25) is 19.7 Å². The summed E-state index contributed by atoms with van der Waals surface area (Å²) >= 11 is 0. The summed E-state index contributed by atoms with van der Waals surface area (Å²) in [6.45, 7) is 0. The van der Waals surface area contributed by atoms with Crippen LogP contribution in [-0.2, 0) is 9.59 Å². The Bertz CT molecular complexity index is 1100. The van der Waals surface area contributed by atoms with E-state index in [-0.39, 0.29) is 41.2 Å². The summed E-state index contributed by atoms with van der Waals surface area (Å²) < 4.78 is 11.0. The number of furan rings is 1. The first-order chi connectivity index (χ1) is 14.5. The van der Waals surface area contributed by atoms with Gasteiger partial charge in [0.05, 0.1) is 35.6 Å². The van der Waals surface area contributed by atoms with Gasteiger partial charge in [-0.2, -0.15) is 10.1 Å². The quantitative estimate of drug-likeness (QED) is 0.247. The van der Waals surface area contributed by atoms with Crippen molar-refractivity contribution in [3.05, 3.63) is 58.4 Å². The Kier molecular flexibility index (Phi) is 4.05. The summed E-state index contributed by atoms with van der Waals surface area (Å²) in [5.41, 5.74) is 0.317. The normalized spacial score (nSPS) is 26.8. The monoisotopic (exact) mass is 407 g/mol. The van der Waals surface area contributed by atoms with Crippen molar-refractivity contribution in [3.8, 4) is 17.1 Å². The predicted molar refractivity (Wildman–Crippen MR) is 105 cm³/mol. The molecule has 4 atom stereocenters. The maximum atomic E-state index is 12.7. The molecule has 1 saturated carbocycles. The number of ether oxygens (including phenoxy) is 1. The largest absolute Gasteiger partial charge is 0.496 e. The fourth-order valence-corrected chi connectivity index (χ4v) is 4.68. The van der Waals surface area contributed by atoms with E-state index in [2.05, 4.69) is 5.10 Å². The molecular formula is C21H17N3O6. The zero-order valence-corrected chi connectivity index (χ0v) is 15.9. The zero-order valence-electron chi connectivity index (χ0n) is 15.9. The molecule has 2 bridgehead atoms. The highest BCUT2D eigenvalue weighted by molar-refractivity contribution is 6.06. The van der Waals surface area contributed by atoms with E-state index in [1.807, 2.05) is 12.2 Å². The first-order valence-electron chi connectivity index (χ1n) is 9.50. The molecule has 152 valence electrons. The number of hydrogen-bond acceptors (Lipinski definition) is 7. The number of nitrogens with zero attached hydrogens (tertiary/aromatic N) is 3. The van der Waals surface area contributed by atoms with Crippen LogP contribution < -0.4 is 4.74 Å². The summed E-state index contributed by atoms with van der Waals surface area (Å²) in [5.74, 6) is 0.125. The van der Waals surface area contributed by atoms with Gasteiger partial charge in [-0.25, -0.2) is 0 Å². The molecule has 2 aliphatic carbocycles. The molecule has 0 unspecified atom stereocenters. The molecule has 30 heavy (non-hydrogen) atoms. The molecule has 1 saturated heterocycles. The summed E-state index contributed by atoms with van der Waals surface area (Å²) in [6, 6.07) is 7.42. The van der Waals surface area contributed by atoms with Crippen LogP contribution >= 0.6 is 0 Å². The Labute approximate surface area is 170 Å². The van der Waals surface area contributed by atoms with Crippen molar-refractivity contribution >= 4 is 23.7 Å². The number of nitro groups is 1. The topological polar surface area (TPSA) is 115 Å². The third-order valence-electron chi connectivity index (χ3n) is 6.03. The summed E-state index contributed by atoms with van der Waals surface area (Å²) in [6.07, 6.45) is 6.21. The molecular weight excluding hydrogens is 390 g/mol. The van der Waals surface area contributed by atoms with E-state index >= 15 is 0 Å². The maximum absolute atomic E-state index is 12.7. The molecule has 2 aromatic rings. The van der Waals surface area contributed by atoms with Crippen LogP contribution in [0.4, 0.5) is 5.69 Å². The van der Waals surface area contributed by atoms with Gasteiger partial charge < -0.3 is 9.15 Å². The minimum Gasteiger partial charge on any atom is -0.496 e. The average molecular weight is 407 g/mol. The number of non-ortho nitro benzene ring substituents is 1. The number of nitro benzene ring substituents is 1. The van der Waals surface area contributed by atoms with Gasteiger partial charge in [0.15, 0.2) is 0 Å². The molecule has 2 amide bonds. The number of amides is 2. The molecule has 0 radical (unpaired) electrons. The minimum absolute atomic E-state index is 0.0968. The lowest BCUT2D eigenvalue weighted by Gasteiger charge is -2.13. The number of allylic oxidation sites excluding steroid dienone is 2. The first kappa shape index (κ1) is 18.3. The van der Waals surface area contributed by atoms with Crippen LogP contribution in [-0.4, -0.2) is 35.1 Å². The third-order valence-corrected chi connectivity index (χ3v) is 6.03. The van der Waals surface area contributed by atoms with Crippen molar-refractivity contribution in [2.45, 2.75) is 6.42 Å². The van der Waals surface area contributed by atoms with Crippen LogP contribution in [0, 0.1) is 33.8 Å². The molecule has 1 aromatic heterocycles. The van der Waals surface area contributed by atoms with Crippen molar-refractivity contribution in [2.75, 3.05) is 7.11 Å². The number of carbonyl (C=O) groups is 2. The number of benzene rings is 1. The van der Waals surface area contributed by atoms with Gasteiger partial charge in [0.2, 0.25) is 0 Å². The maximum Gasteiger partial charge on any atom is 0.270 e. The Morgan fingerprint density at radius 1 is 1.17 bits per heavy atom. The predicted octanol–water partition coefficient (Wildman–Crippen LogP) is 3.00. The lowest BCUT2D eigenvalue weighted by Crippen LogP contribution is -2.28. The van der Waals surface area contributed by atoms with E-state index < -0.39 is 4.92 Å². The second-order valence-electron chi connectivity index (χ2n) is 7.58. The fraction of sp³-hybridized carbons (Fsp3) is 0.286. The van der Waals surface area contributed by atoms with Crippen molar-refractivity contribution in [1.29, 1.82) is 0 Å². The van der Waals surface area contributed by atoms with Crippen LogP contribution in [0.15, 0.2) is 52.0 Å². The Morgan fingerprint density at radius 3 is 2.50 bits per heavy atom. The standard InChI is InChI=1S/C21H17N3O6/c1-29-16-6-4-13(24(27)28)9-15(16)17-7-5-14(30-17)10-22-23-20(25)18-11-2-3-12(8-11)19(18)21(23)26/h2-7,9-12,18-19H,8H2,1H3/b22-10-/t11-,12-,18+,19+/m1/s1. The van der Waals surface area contributed by atoms with E-state index in [4.69, 9.17) is 9.15 Å². The van der Waals surface area contributed by atoms with Crippen LogP contribution in [0.5, 0.6) is 5.75 Å². The van der Waals surface area contributed by atoms with Gasteiger partial charge in [-0.1, -0.05) is 12.2 Å². The third kappa shape index (κ3) is 2.66. The van der Waals surface area contributed by atoms with Gasteiger partial charge in [0, 0.05) is 12.1 Å². The Balaban J connectivity index is 1.39. The average Bonchev–Trinajstić information content (AvgIpc) is 3.51. The van der Waals surface area contributed by atoms with E-state index in [0.29, 0.717) is 22.8 Å². The minimum atomic E-state index is -0.502. The number of methoxy groups -OCH3 is 1. The number of hydrazone groups is 1. The molecule has 1 aliphatic heterocycles. The van der Waals surface area contributed by atoms with E-state index in [1.165, 1.54) is 31.5 Å². The van der Waals surface area contributed by atoms with Gasteiger partial charge in [-0.15, -0.1) is 0 Å². The van der Waals surface area contributed by atoms with Gasteiger partial charge in [0.1, 0.15) is 17.3 Å². The summed E-state index contributed by atoms with van der Waals surface area (Å²) in [4.78, 5) is 35.9. The lowest BCUT2D eigenvalue weighted by molar-refractivity contribution is -0.384. The van der Waals surface area contributed by atoms with E-state index in [0.717, 1.165) is 11.4 Å². The van der Waals surface area contributed by atoms with Gasteiger partial charge in [-0.05, 0) is 36.5 Å². The second-order valence-corrected chi connectivity index (χ2v) is 7.58. The van der Waals surface area contributed by atoms with Crippen LogP contribution in [0.25, 0.3) is 11.3 Å². The highest BCUT2D eigenvalue weighted by atomic mass is 16.6. The first-order valence-corrected chi connectivity index (χ1v) is 9.50. The zero-order chi connectivity index (χ0) is 21.0. The highest BCUT2D eigenvalue weighted by Gasteiger charge is 2.59. The number of imide groups is 1. The van der Waals surface area contributed by atoms with E-state index in [9.17, 15) is 19.7 Å². The molecule has 2 heterocycles. The number of carbonyl (C=O) groups excluding carboxylic acids is 2. The van der Waals surface area contributed by atoms with Crippen molar-refractivity contribution < 1.29 is 23.7 Å². The summed E-state index contributed by atoms with van der Waals surface area (Å²) in [7, 11) is 1.46. The molecule has 9 heteroatoms. The summed E-state index contributed by atoms with van der Waals surface area (Å²) in [5, 5.41) is 16.1. The van der Waals surface area contributed by atoms with Crippen molar-refractivity contribution in [2.24, 2.45) is 28.8 Å². The SMILES string of the molecule is COc1ccc([N+](=O)[O-])cc1-c1ccc(/C=N\N2C(=O)[C@@H]3[C@@H](C2=O)[C@@H]2C=C[C@@H]3C2)o1. The smallest absolute Gasteiger partial charge is 0.270 e. The number of hydrogen-bond donors (Lipinski definition) is 0. The lowest BCUT2D eigenvalue weighted by atomic mass is 9.85. The second kappa shape index (κ2) is 6.65. The molecule has 3 aliphatic rings. The van der Waals surface area contributed by atoms with Gasteiger partial charge in [0.25, 0.3) is 17.5 Å². The number of rotatable bonds is 5. The molecule has 5 rings (SSSR count). The van der Waals surface area contributed by atoms with Crippen LogP contribution in [0.2, 0.25) is 0 Å². The van der Waals surface area contributed by atoms with Crippen molar-refractivity contribution in [3.63, 3.8) is 0 Å². The molecule has 2 fully saturated rings. The molecule has 9 nitrogen and oxygen atoms in total. The van der Waals surface area contributed by atoms with Crippen LogP contribution in [0.3, 0.4) is 0 Å². The Morgan fingerprint density at radius 2 is 1.87 bits per heavy atom. The highest BCUT2D eigenvalue weighted by Crippen LogP contribution is 2.52.